The van der Waals surface area contributed by atoms with Crippen molar-refractivity contribution < 1.29 is 0 Å². The van der Waals surface area contributed by atoms with Gasteiger partial charge in [0.2, 0.25) is 0 Å². The Morgan fingerprint density at radius 3 is 2.56 bits per heavy atom. The van der Waals surface area contributed by atoms with Gasteiger partial charge in [-0.15, -0.1) is 24.0 Å². The van der Waals surface area contributed by atoms with Crippen molar-refractivity contribution in [2.24, 2.45) is 4.99 Å². The number of anilines is 1. The second-order valence-electron chi connectivity index (χ2n) is 6.18. The smallest absolute Gasteiger partial charge is 0.191 e. The lowest BCUT2D eigenvalue weighted by Gasteiger charge is -2.26. The standard InChI is InChI=1S/C18H32N6.HI/c1-19-18(23-13-16-24-14-7-2-8-15-24)22-12-6-5-11-21-17-9-3-4-10-20-17;/h3-4,9-10H,2,5-8,11-16H2,1H3,(H,20,21)(H2,19,22,23);1H. The van der Waals surface area contributed by atoms with E-state index in [1.165, 1.54) is 32.4 Å². The average molecular weight is 460 g/mol. The molecule has 0 bridgehead atoms. The maximum atomic E-state index is 4.29. The molecule has 0 aliphatic carbocycles. The second kappa shape index (κ2) is 14.1. The van der Waals surface area contributed by atoms with Crippen LogP contribution in [0.2, 0.25) is 0 Å². The molecule has 0 aromatic carbocycles. The van der Waals surface area contributed by atoms with Crippen LogP contribution < -0.4 is 16.0 Å². The van der Waals surface area contributed by atoms with Gasteiger partial charge in [-0.05, 0) is 50.9 Å². The van der Waals surface area contributed by atoms with E-state index in [1.54, 1.807) is 0 Å². The molecule has 1 aliphatic rings. The third kappa shape index (κ3) is 9.84. The van der Waals surface area contributed by atoms with E-state index in [1.807, 2.05) is 31.4 Å². The van der Waals surface area contributed by atoms with Crippen LogP contribution in [0.3, 0.4) is 0 Å². The summed E-state index contributed by atoms with van der Waals surface area (Å²) in [6, 6.07) is 5.92. The number of aliphatic imine (C=N–C) groups is 1. The second-order valence-corrected chi connectivity index (χ2v) is 6.18. The van der Waals surface area contributed by atoms with E-state index in [0.29, 0.717) is 0 Å². The van der Waals surface area contributed by atoms with E-state index < -0.39 is 0 Å². The van der Waals surface area contributed by atoms with Gasteiger partial charge in [0, 0.05) is 39.4 Å². The van der Waals surface area contributed by atoms with Gasteiger partial charge in [0.1, 0.15) is 5.82 Å². The van der Waals surface area contributed by atoms with Crippen molar-refractivity contribution >= 4 is 35.8 Å². The van der Waals surface area contributed by atoms with Gasteiger partial charge in [-0.2, -0.15) is 0 Å². The molecule has 1 aromatic rings. The number of piperidine rings is 1. The SMILES string of the molecule is CN=C(NCCCCNc1ccccn1)NCCN1CCCCC1.I. The highest BCUT2D eigenvalue weighted by Crippen LogP contribution is 2.07. The number of guanidine groups is 1. The Labute approximate surface area is 169 Å². The summed E-state index contributed by atoms with van der Waals surface area (Å²) in [5, 5.41) is 10.1. The fourth-order valence-electron chi connectivity index (χ4n) is 2.88. The van der Waals surface area contributed by atoms with Crippen molar-refractivity contribution in [1.29, 1.82) is 0 Å². The number of rotatable bonds is 9. The fraction of sp³-hybridized carbons (Fsp3) is 0.667. The van der Waals surface area contributed by atoms with Crippen molar-refractivity contribution in [2.45, 2.75) is 32.1 Å². The molecule has 1 aliphatic heterocycles. The maximum absolute atomic E-state index is 4.29. The van der Waals surface area contributed by atoms with Crippen LogP contribution in [0.4, 0.5) is 5.82 Å². The number of hydrogen-bond donors (Lipinski definition) is 3. The van der Waals surface area contributed by atoms with Crippen LogP contribution in [0.15, 0.2) is 29.4 Å². The molecule has 1 aromatic heterocycles. The number of likely N-dealkylation sites (tertiary alicyclic amines) is 1. The summed E-state index contributed by atoms with van der Waals surface area (Å²) in [5.41, 5.74) is 0. The Bertz CT molecular complexity index is 462. The highest BCUT2D eigenvalue weighted by atomic mass is 127. The lowest BCUT2D eigenvalue weighted by Crippen LogP contribution is -2.42. The lowest BCUT2D eigenvalue weighted by atomic mass is 10.1. The van der Waals surface area contributed by atoms with Crippen LogP contribution in [-0.4, -0.2) is 62.2 Å². The van der Waals surface area contributed by atoms with Crippen LogP contribution in [-0.2, 0) is 0 Å². The van der Waals surface area contributed by atoms with E-state index >= 15 is 0 Å². The minimum atomic E-state index is 0. The first-order valence-electron chi connectivity index (χ1n) is 9.20. The van der Waals surface area contributed by atoms with Gasteiger partial charge in [-0.25, -0.2) is 4.98 Å². The first kappa shape index (κ1) is 22.0. The Morgan fingerprint density at radius 2 is 1.84 bits per heavy atom. The molecule has 0 saturated carbocycles. The average Bonchev–Trinajstić information content (AvgIpc) is 2.64. The molecule has 1 fully saturated rings. The molecule has 1 saturated heterocycles. The van der Waals surface area contributed by atoms with Crippen molar-refractivity contribution in [2.75, 3.05) is 51.6 Å². The molecule has 0 unspecified atom stereocenters. The fourth-order valence-corrected chi connectivity index (χ4v) is 2.88. The summed E-state index contributed by atoms with van der Waals surface area (Å²) in [6.45, 7) is 6.44. The van der Waals surface area contributed by atoms with E-state index in [4.69, 9.17) is 0 Å². The Balaban J connectivity index is 0.00000312. The van der Waals surface area contributed by atoms with Crippen molar-refractivity contribution in [3.63, 3.8) is 0 Å². The minimum absolute atomic E-state index is 0. The molecule has 3 N–H and O–H groups in total. The van der Waals surface area contributed by atoms with Crippen LogP contribution >= 0.6 is 24.0 Å². The maximum Gasteiger partial charge on any atom is 0.191 e. The number of pyridine rings is 1. The third-order valence-electron chi connectivity index (χ3n) is 4.26. The predicted octanol–water partition coefficient (Wildman–Crippen LogP) is 2.54. The zero-order valence-corrected chi connectivity index (χ0v) is 17.7. The Kier molecular flexibility index (Phi) is 12.4. The summed E-state index contributed by atoms with van der Waals surface area (Å²) in [5.74, 6) is 1.85. The normalized spacial score (nSPS) is 15.3. The zero-order chi connectivity index (χ0) is 16.9. The summed E-state index contributed by atoms with van der Waals surface area (Å²) >= 11 is 0. The van der Waals surface area contributed by atoms with E-state index in [-0.39, 0.29) is 24.0 Å². The van der Waals surface area contributed by atoms with Gasteiger partial charge in [0.25, 0.3) is 0 Å². The number of aromatic nitrogens is 1. The molecule has 6 nitrogen and oxygen atoms in total. The molecule has 7 heteroatoms. The number of nitrogens with one attached hydrogen (secondary N) is 3. The Morgan fingerprint density at radius 1 is 1.08 bits per heavy atom. The van der Waals surface area contributed by atoms with Crippen molar-refractivity contribution in [3.8, 4) is 0 Å². The van der Waals surface area contributed by atoms with Crippen molar-refractivity contribution in [1.82, 2.24) is 20.5 Å². The molecule has 25 heavy (non-hydrogen) atoms. The molecule has 0 spiro atoms. The summed E-state index contributed by atoms with van der Waals surface area (Å²) in [6.07, 6.45) is 8.10. The van der Waals surface area contributed by atoms with Gasteiger partial charge in [0.05, 0.1) is 0 Å². The first-order chi connectivity index (χ1) is 11.9. The molecule has 2 heterocycles. The third-order valence-corrected chi connectivity index (χ3v) is 4.26. The van der Waals surface area contributed by atoms with Crippen LogP contribution in [0.5, 0.6) is 0 Å². The number of unbranched alkanes of at least 4 members (excludes halogenated alkanes) is 1. The minimum Gasteiger partial charge on any atom is -0.370 e. The number of nitrogens with zero attached hydrogens (tertiary/aromatic N) is 3. The van der Waals surface area contributed by atoms with Crippen LogP contribution in [0.1, 0.15) is 32.1 Å². The molecule has 2 rings (SSSR count). The first-order valence-corrected chi connectivity index (χ1v) is 9.20. The summed E-state index contributed by atoms with van der Waals surface area (Å²) < 4.78 is 0. The molecular weight excluding hydrogens is 427 g/mol. The van der Waals surface area contributed by atoms with E-state index in [0.717, 1.165) is 50.8 Å². The van der Waals surface area contributed by atoms with Crippen LogP contribution in [0.25, 0.3) is 0 Å². The summed E-state index contributed by atoms with van der Waals surface area (Å²) in [4.78, 5) is 11.1. The molecule has 0 atom stereocenters. The molecule has 0 amide bonds. The molecular formula is C18H33IN6. The highest BCUT2D eigenvalue weighted by molar-refractivity contribution is 14.0. The topological polar surface area (TPSA) is 64.6 Å². The van der Waals surface area contributed by atoms with E-state index in [2.05, 4.69) is 30.8 Å². The molecule has 142 valence electrons. The Hall–Kier alpha value is -1.09. The lowest BCUT2D eigenvalue weighted by molar-refractivity contribution is 0.232. The van der Waals surface area contributed by atoms with Crippen LogP contribution in [0, 0.1) is 0 Å². The van der Waals surface area contributed by atoms with Gasteiger partial charge in [0.15, 0.2) is 5.96 Å². The van der Waals surface area contributed by atoms with Gasteiger partial charge in [-0.3, -0.25) is 4.99 Å². The summed E-state index contributed by atoms with van der Waals surface area (Å²) in [7, 11) is 1.83. The van der Waals surface area contributed by atoms with Gasteiger partial charge >= 0.3 is 0 Å². The number of halogens is 1. The van der Waals surface area contributed by atoms with Crippen molar-refractivity contribution in [3.05, 3.63) is 24.4 Å². The van der Waals surface area contributed by atoms with Gasteiger partial charge < -0.3 is 20.9 Å². The largest absolute Gasteiger partial charge is 0.370 e. The van der Waals surface area contributed by atoms with Gasteiger partial charge in [-0.1, -0.05) is 12.5 Å². The monoisotopic (exact) mass is 460 g/mol. The predicted molar refractivity (Wildman–Crippen MR) is 117 cm³/mol. The quantitative estimate of drug-likeness (QED) is 0.229. The van der Waals surface area contributed by atoms with E-state index in [9.17, 15) is 0 Å². The molecule has 0 radical (unpaired) electrons. The number of hydrogen-bond acceptors (Lipinski definition) is 4. The zero-order valence-electron chi connectivity index (χ0n) is 15.3. The highest BCUT2D eigenvalue weighted by Gasteiger charge is 2.09.